The minimum atomic E-state index is 0.847. The predicted molar refractivity (Wildman–Crippen MR) is 245 cm³/mol. The van der Waals surface area contributed by atoms with E-state index in [2.05, 4.69) is 197 Å². The number of hydrogen-bond donors (Lipinski definition) is 0. The summed E-state index contributed by atoms with van der Waals surface area (Å²) in [6.45, 7) is 2.03. The Morgan fingerprint density at radius 2 is 0.932 bits per heavy atom. The van der Waals surface area contributed by atoms with Crippen molar-refractivity contribution >= 4 is 82.7 Å². The summed E-state index contributed by atoms with van der Waals surface area (Å²) < 4.78 is 17.4. The summed E-state index contributed by atoms with van der Waals surface area (Å²) in [5.74, 6) is 0. The highest BCUT2D eigenvalue weighted by Crippen LogP contribution is 2.38. The van der Waals surface area contributed by atoms with E-state index < -0.39 is 0 Å². The van der Waals surface area contributed by atoms with E-state index in [4.69, 9.17) is 13.8 Å². The number of pyridine rings is 1. The van der Waals surface area contributed by atoms with Crippen LogP contribution in [0.3, 0.4) is 0 Å². The Morgan fingerprint density at radius 3 is 1.53 bits per heavy atom. The van der Waals surface area contributed by atoms with Crippen molar-refractivity contribution in [1.82, 2.24) is 14.1 Å². The van der Waals surface area contributed by atoms with E-state index in [1.807, 2.05) is 13.0 Å². The van der Waals surface area contributed by atoms with Gasteiger partial charge in [0.1, 0.15) is 22.3 Å². The molecule has 0 bridgehead atoms. The SMILES string of the molecule is C/C=C\C=C/c1cc2ccccc2n1-c1ccc2oc3ccc(-c4cccc(-c5ccc6oc7ccc(-n8c9ccccc9c9ccccc98)cc7c6c5)n4)cc3c2c1. The van der Waals surface area contributed by atoms with E-state index in [1.54, 1.807) is 0 Å². The van der Waals surface area contributed by atoms with Crippen molar-refractivity contribution in [3.8, 4) is 33.9 Å². The van der Waals surface area contributed by atoms with Crippen LogP contribution < -0.4 is 0 Å². The number of benzene rings is 7. The molecule has 0 aliphatic heterocycles. The van der Waals surface area contributed by atoms with Crippen LogP contribution in [0.1, 0.15) is 12.6 Å². The number of allylic oxidation sites excluding steroid dienone is 3. The molecule has 0 aliphatic carbocycles. The molecule has 5 nitrogen and oxygen atoms in total. The molecule has 0 aliphatic rings. The summed E-state index contributed by atoms with van der Waals surface area (Å²) in [5.41, 5.74) is 14.1. The van der Waals surface area contributed by atoms with E-state index in [-0.39, 0.29) is 0 Å². The van der Waals surface area contributed by atoms with Gasteiger partial charge < -0.3 is 18.0 Å². The third kappa shape index (κ3) is 5.29. The lowest BCUT2D eigenvalue weighted by molar-refractivity contribution is 0.668. The first-order valence-corrected chi connectivity index (χ1v) is 20.0. The molecule has 0 fully saturated rings. The van der Waals surface area contributed by atoms with Crippen molar-refractivity contribution in [2.45, 2.75) is 6.92 Å². The maximum absolute atomic E-state index is 6.39. The largest absolute Gasteiger partial charge is 0.456 e. The number of nitrogens with zero attached hydrogens (tertiary/aromatic N) is 3. The van der Waals surface area contributed by atoms with Crippen LogP contribution in [0, 0.1) is 0 Å². The van der Waals surface area contributed by atoms with Crippen molar-refractivity contribution < 1.29 is 8.83 Å². The van der Waals surface area contributed by atoms with E-state index in [0.29, 0.717) is 0 Å². The quantitative estimate of drug-likeness (QED) is 0.159. The Labute approximate surface area is 339 Å². The molecular formula is C54H35N3O2. The lowest BCUT2D eigenvalue weighted by Gasteiger charge is -2.09. The van der Waals surface area contributed by atoms with Crippen LogP contribution in [-0.2, 0) is 0 Å². The van der Waals surface area contributed by atoms with Gasteiger partial charge in [0, 0.05) is 65.9 Å². The van der Waals surface area contributed by atoms with E-state index >= 15 is 0 Å². The smallest absolute Gasteiger partial charge is 0.135 e. The van der Waals surface area contributed by atoms with Crippen LogP contribution >= 0.6 is 0 Å². The van der Waals surface area contributed by atoms with E-state index in [0.717, 1.165) is 89.0 Å². The fourth-order valence-electron chi connectivity index (χ4n) is 8.94. The zero-order valence-corrected chi connectivity index (χ0v) is 32.1. The molecule has 7 aromatic carbocycles. The molecule has 0 saturated carbocycles. The minimum Gasteiger partial charge on any atom is -0.456 e. The topological polar surface area (TPSA) is 49.0 Å². The van der Waals surface area contributed by atoms with Crippen molar-refractivity contribution in [1.29, 1.82) is 0 Å². The highest BCUT2D eigenvalue weighted by atomic mass is 16.3. The van der Waals surface area contributed by atoms with Crippen molar-refractivity contribution in [3.63, 3.8) is 0 Å². The number of para-hydroxylation sites is 3. The van der Waals surface area contributed by atoms with Gasteiger partial charge in [-0.2, -0.15) is 0 Å². The molecule has 5 aromatic heterocycles. The fourth-order valence-corrected chi connectivity index (χ4v) is 8.94. The predicted octanol–water partition coefficient (Wildman–Crippen LogP) is 14.8. The summed E-state index contributed by atoms with van der Waals surface area (Å²) in [4.78, 5) is 5.24. The van der Waals surface area contributed by atoms with Gasteiger partial charge in [-0.25, -0.2) is 4.98 Å². The summed E-state index contributed by atoms with van der Waals surface area (Å²) in [6, 6.07) is 59.9. The molecule has 0 amide bonds. The zero-order valence-electron chi connectivity index (χ0n) is 32.1. The maximum Gasteiger partial charge on any atom is 0.135 e. The van der Waals surface area contributed by atoms with Crippen LogP contribution in [0.25, 0.3) is 117 Å². The average Bonchev–Trinajstić information content (AvgIpc) is 4.04. The van der Waals surface area contributed by atoms with Gasteiger partial charge >= 0.3 is 0 Å². The van der Waals surface area contributed by atoms with Crippen LogP contribution in [0.15, 0.2) is 197 Å². The van der Waals surface area contributed by atoms with Gasteiger partial charge in [0.25, 0.3) is 0 Å². The van der Waals surface area contributed by atoms with Crippen LogP contribution in [-0.4, -0.2) is 14.1 Å². The first-order valence-electron chi connectivity index (χ1n) is 20.0. The average molecular weight is 758 g/mol. The fraction of sp³-hybridized carbons (Fsp3) is 0.0185. The lowest BCUT2D eigenvalue weighted by Crippen LogP contribution is -1.96. The Balaban J connectivity index is 0.940. The van der Waals surface area contributed by atoms with Crippen molar-refractivity contribution in [3.05, 3.63) is 194 Å². The molecule has 0 atom stereocenters. The van der Waals surface area contributed by atoms with E-state index in [9.17, 15) is 0 Å². The van der Waals surface area contributed by atoms with Gasteiger partial charge in [-0.3, -0.25) is 0 Å². The number of rotatable bonds is 6. The maximum atomic E-state index is 6.39. The number of fused-ring (bicyclic) bond motifs is 10. The Hall–Kier alpha value is -7.89. The van der Waals surface area contributed by atoms with Crippen molar-refractivity contribution in [2.24, 2.45) is 0 Å². The third-order valence-corrected chi connectivity index (χ3v) is 11.7. The number of aromatic nitrogens is 3. The first-order chi connectivity index (χ1) is 29.2. The summed E-state index contributed by atoms with van der Waals surface area (Å²) in [5, 5.41) is 7.93. The lowest BCUT2D eigenvalue weighted by atomic mass is 10.0. The molecule has 278 valence electrons. The molecule has 59 heavy (non-hydrogen) atoms. The molecule has 12 aromatic rings. The number of furan rings is 2. The third-order valence-electron chi connectivity index (χ3n) is 11.7. The second kappa shape index (κ2) is 13.1. The van der Waals surface area contributed by atoms with E-state index in [1.165, 1.54) is 27.2 Å². The Kier molecular flexibility index (Phi) is 7.38. The standard InChI is InChI=1S/C54H35N3O2/c1-2-3-4-13-37-29-36-12-5-8-18-48(36)56(37)38-23-27-53-44(32-38)42-30-34(21-25-51(42)58-53)46-16-11-17-47(55-46)35-22-26-52-43(31-35)45-33-39(24-28-54(45)59-52)57-49-19-9-6-14-40(49)41-15-7-10-20-50(41)57/h2-33H,1H3/b3-2-,13-4-. The second-order valence-corrected chi connectivity index (χ2v) is 15.1. The van der Waals surface area contributed by atoms with Gasteiger partial charge in [0.2, 0.25) is 0 Å². The first kappa shape index (κ1) is 33.3. The van der Waals surface area contributed by atoms with Crippen LogP contribution in [0.5, 0.6) is 0 Å². The minimum absolute atomic E-state index is 0.847. The number of hydrogen-bond acceptors (Lipinski definition) is 3. The molecule has 5 heterocycles. The van der Waals surface area contributed by atoms with Crippen LogP contribution in [0.2, 0.25) is 0 Å². The van der Waals surface area contributed by atoms with Gasteiger partial charge in [-0.15, -0.1) is 0 Å². The summed E-state index contributed by atoms with van der Waals surface area (Å²) in [6.07, 6.45) is 8.34. The molecule has 0 N–H and O–H groups in total. The molecule has 5 heteroatoms. The molecule has 12 rings (SSSR count). The molecule has 0 saturated heterocycles. The van der Waals surface area contributed by atoms with Gasteiger partial charge in [-0.05, 0) is 122 Å². The normalized spacial score (nSPS) is 12.4. The van der Waals surface area contributed by atoms with Gasteiger partial charge in [0.15, 0.2) is 0 Å². The van der Waals surface area contributed by atoms with Crippen molar-refractivity contribution in [2.75, 3.05) is 0 Å². The van der Waals surface area contributed by atoms with Crippen LogP contribution in [0.4, 0.5) is 0 Å². The summed E-state index contributed by atoms with van der Waals surface area (Å²) >= 11 is 0. The molecular weight excluding hydrogens is 723 g/mol. The van der Waals surface area contributed by atoms with Gasteiger partial charge in [-0.1, -0.05) is 78.9 Å². The second-order valence-electron chi connectivity index (χ2n) is 15.1. The molecule has 0 radical (unpaired) electrons. The summed E-state index contributed by atoms with van der Waals surface area (Å²) in [7, 11) is 0. The Bertz CT molecular complexity index is 3650. The highest BCUT2D eigenvalue weighted by Gasteiger charge is 2.17. The zero-order chi connectivity index (χ0) is 39.0. The molecule has 0 spiro atoms. The highest BCUT2D eigenvalue weighted by molar-refractivity contribution is 6.11. The van der Waals surface area contributed by atoms with Gasteiger partial charge in [0.05, 0.1) is 27.9 Å². The monoisotopic (exact) mass is 757 g/mol. The molecule has 0 unspecified atom stereocenters. The Morgan fingerprint density at radius 1 is 0.424 bits per heavy atom.